The van der Waals surface area contributed by atoms with Gasteiger partial charge >= 0.3 is 6.03 Å². The first-order chi connectivity index (χ1) is 18.1. The molecule has 2 heterocycles. The van der Waals surface area contributed by atoms with E-state index in [1.165, 1.54) is 0 Å². The van der Waals surface area contributed by atoms with Gasteiger partial charge in [-0.05, 0) is 59.7 Å². The normalized spacial score (nSPS) is 13.2. The van der Waals surface area contributed by atoms with Gasteiger partial charge < -0.3 is 20.0 Å². The van der Waals surface area contributed by atoms with Crippen molar-refractivity contribution >= 4 is 29.0 Å². The molecule has 7 heteroatoms. The van der Waals surface area contributed by atoms with Crippen LogP contribution in [-0.2, 0) is 0 Å². The molecule has 0 spiro atoms. The maximum Gasteiger partial charge on any atom is 0.321 e. The van der Waals surface area contributed by atoms with Crippen molar-refractivity contribution in [3.63, 3.8) is 0 Å². The molecule has 0 atom stereocenters. The summed E-state index contributed by atoms with van der Waals surface area (Å²) >= 11 is 0. The summed E-state index contributed by atoms with van der Waals surface area (Å²) in [6.45, 7) is 1.97. The predicted octanol–water partition coefficient (Wildman–Crippen LogP) is 5.51. The molecule has 0 unspecified atom stereocenters. The molecule has 0 saturated carbocycles. The van der Waals surface area contributed by atoms with E-state index in [4.69, 9.17) is 0 Å². The monoisotopic (exact) mass is 491 g/mol. The summed E-state index contributed by atoms with van der Waals surface area (Å²) in [6, 6.07) is 29.3. The summed E-state index contributed by atoms with van der Waals surface area (Å²) in [5.74, 6) is -0.0188. The van der Waals surface area contributed by atoms with E-state index < -0.39 is 0 Å². The van der Waals surface area contributed by atoms with Crippen molar-refractivity contribution in [2.75, 3.05) is 43.4 Å². The summed E-state index contributed by atoms with van der Waals surface area (Å²) in [5.41, 5.74) is 5.64. The van der Waals surface area contributed by atoms with Gasteiger partial charge in [-0.1, -0.05) is 42.5 Å². The van der Waals surface area contributed by atoms with Gasteiger partial charge in [-0.25, -0.2) is 4.79 Å². The van der Waals surface area contributed by atoms with Crippen molar-refractivity contribution < 1.29 is 9.59 Å². The summed E-state index contributed by atoms with van der Waals surface area (Å²) in [6.07, 6.45) is 3.51. The number of hydrogen-bond donors (Lipinski definition) is 1. The van der Waals surface area contributed by atoms with E-state index in [-0.39, 0.29) is 11.9 Å². The molecule has 37 heavy (non-hydrogen) atoms. The number of rotatable bonds is 5. The number of nitrogens with zero attached hydrogens (tertiary/aromatic N) is 4. The van der Waals surface area contributed by atoms with Crippen LogP contribution in [0.15, 0.2) is 103 Å². The average molecular weight is 492 g/mol. The lowest BCUT2D eigenvalue weighted by molar-refractivity contribution is 0.0671. The second kappa shape index (κ2) is 11.0. The van der Waals surface area contributed by atoms with E-state index in [9.17, 15) is 9.59 Å². The Bertz CT molecular complexity index is 1330. The Morgan fingerprint density at radius 2 is 1.27 bits per heavy atom. The Hall–Kier alpha value is -4.65. The molecular weight excluding hydrogens is 462 g/mol. The molecule has 1 saturated heterocycles. The van der Waals surface area contributed by atoms with Crippen LogP contribution in [0.4, 0.5) is 21.9 Å². The summed E-state index contributed by atoms with van der Waals surface area (Å²) in [5, 5.41) is 2.97. The third-order valence-corrected chi connectivity index (χ3v) is 6.65. The Balaban J connectivity index is 1.13. The van der Waals surface area contributed by atoms with Crippen LogP contribution in [-0.4, -0.2) is 59.9 Å². The molecule has 0 bridgehead atoms. The minimum Gasteiger partial charge on any atom is -0.345 e. The van der Waals surface area contributed by atoms with Gasteiger partial charge in [0, 0.05) is 68.2 Å². The number of piperazine rings is 1. The van der Waals surface area contributed by atoms with Crippen molar-refractivity contribution in [3.05, 3.63) is 109 Å². The van der Waals surface area contributed by atoms with E-state index in [1.807, 2.05) is 90.8 Å². The van der Waals surface area contributed by atoms with E-state index in [1.54, 1.807) is 22.2 Å². The van der Waals surface area contributed by atoms with Crippen molar-refractivity contribution in [1.29, 1.82) is 0 Å². The van der Waals surface area contributed by atoms with Crippen LogP contribution in [0.5, 0.6) is 0 Å². The number of carbonyl (C=O) groups is 2. The van der Waals surface area contributed by atoms with Crippen LogP contribution in [0, 0.1) is 0 Å². The minimum absolute atomic E-state index is 0.0188. The molecule has 1 N–H and O–H groups in total. The number of pyridine rings is 1. The summed E-state index contributed by atoms with van der Waals surface area (Å²) < 4.78 is 0. The van der Waals surface area contributed by atoms with Crippen LogP contribution in [0.25, 0.3) is 11.1 Å². The Labute approximate surface area is 217 Å². The molecule has 4 aromatic rings. The fourth-order valence-electron chi connectivity index (χ4n) is 4.42. The SMILES string of the molecule is CN(c1ccncc1)c1ccc(C(=O)N2CCN(C(=O)Nc3ccc(-c4ccccc4)cc3)CC2)cc1. The smallest absolute Gasteiger partial charge is 0.321 e. The molecule has 0 radical (unpaired) electrons. The maximum atomic E-state index is 13.1. The number of urea groups is 1. The Morgan fingerprint density at radius 3 is 1.92 bits per heavy atom. The van der Waals surface area contributed by atoms with Gasteiger partial charge in [-0.15, -0.1) is 0 Å². The molecule has 1 aromatic heterocycles. The molecular formula is C30H29N5O2. The highest BCUT2D eigenvalue weighted by Crippen LogP contribution is 2.24. The molecule has 186 valence electrons. The van der Waals surface area contributed by atoms with Crippen LogP contribution < -0.4 is 10.2 Å². The van der Waals surface area contributed by atoms with Crippen LogP contribution in [0.3, 0.4) is 0 Å². The lowest BCUT2D eigenvalue weighted by Crippen LogP contribution is -2.51. The number of aromatic nitrogens is 1. The van der Waals surface area contributed by atoms with Gasteiger partial charge in [0.25, 0.3) is 5.91 Å². The number of benzene rings is 3. The predicted molar refractivity (Wildman–Crippen MR) is 147 cm³/mol. The highest BCUT2D eigenvalue weighted by Gasteiger charge is 2.25. The van der Waals surface area contributed by atoms with Gasteiger partial charge in [0.05, 0.1) is 0 Å². The molecule has 1 fully saturated rings. The van der Waals surface area contributed by atoms with Crippen LogP contribution in [0.2, 0.25) is 0 Å². The van der Waals surface area contributed by atoms with Gasteiger partial charge in [-0.2, -0.15) is 0 Å². The maximum absolute atomic E-state index is 13.1. The fourth-order valence-corrected chi connectivity index (χ4v) is 4.42. The Morgan fingerprint density at radius 1 is 0.703 bits per heavy atom. The highest BCUT2D eigenvalue weighted by atomic mass is 16.2. The number of amides is 3. The van der Waals surface area contributed by atoms with Gasteiger partial charge in [0.1, 0.15) is 0 Å². The van der Waals surface area contributed by atoms with E-state index in [2.05, 4.69) is 22.4 Å². The summed E-state index contributed by atoms with van der Waals surface area (Å²) in [7, 11) is 1.98. The lowest BCUT2D eigenvalue weighted by atomic mass is 10.1. The van der Waals surface area contributed by atoms with E-state index in [0.29, 0.717) is 31.7 Å². The van der Waals surface area contributed by atoms with E-state index in [0.717, 1.165) is 28.2 Å². The van der Waals surface area contributed by atoms with Gasteiger partial charge in [0.15, 0.2) is 0 Å². The standard InChI is InChI=1S/C30H29N5O2/c1-33(28-15-17-31-18-16-28)27-13-9-25(10-14-27)29(36)34-19-21-35(22-20-34)30(37)32-26-11-7-24(8-12-26)23-5-3-2-4-6-23/h2-18H,19-22H2,1H3,(H,32,37). The quantitative estimate of drug-likeness (QED) is 0.400. The second-order valence-electron chi connectivity index (χ2n) is 8.96. The van der Waals surface area contributed by atoms with Gasteiger partial charge in [-0.3, -0.25) is 9.78 Å². The number of anilines is 3. The van der Waals surface area contributed by atoms with E-state index >= 15 is 0 Å². The van der Waals surface area contributed by atoms with Gasteiger partial charge in [0.2, 0.25) is 0 Å². The third-order valence-electron chi connectivity index (χ3n) is 6.65. The first-order valence-electron chi connectivity index (χ1n) is 12.3. The number of carbonyl (C=O) groups excluding carboxylic acids is 2. The highest BCUT2D eigenvalue weighted by molar-refractivity contribution is 5.95. The lowest BCUT2D eigenvalue weighted by Gasteiger charge is -2.34. The first kappa shape index (κ1) is 24.1. The zero-order valence-electron chi connectivity index (χ0n) is 20.7. The molecule has 1 aliphatic rings. The fraction of sp³-hybridized carbons (Fsp3) is 0.167. The second-order valence-corrected chi connectivity index (χ2v) is 8.96. The van der Waals surface area contributed by atoms with Crippen molar-refractivity contribution in [2.24, 2.45) is 0 Å². The molecule has 3 amide bonds. The molecule has 3 aromatic carbocycles. The molecule has 1 aliphatic heterocycles. The van der Waals surface area contributed by atoms with Crippen molar-refractivity contribution in [1.82, 2.24) is 14.8 Å². The molecule has 7 nitrogen and oxygen atoms in total. The minimum atomic E-state index is -0.150. The van der Waals surface area contributed by atoms with Crippen LogP contribution in [0.1, 0.15) is 10.4 Å². The van der Waals surface area contributed by atoms with Crippen molar-refractivity contribution in [2.45, 2.75) is 0 Å². The topological polar surface area (TPSA) is 68.8 Å². The third kappa shape index (κ3) is 5.62. The number of hydrogen-bond acceptors (Lipinski definition) is 4. The largest absolute Gasteiger partial charge is 0.345 e. The zero-order valence-corrected chi connectivity index (χ0v) is 20.7. The zero-order chi connectivity index (χ0) is 25.6. The number of nitrogens with one attached hydrogen (secondary N) is 1. The molecule has 0 aliphatic carbocycles. The van der Waals surface area contributed by atoms with Crippen LogP contribution >= 0.6 is 0 Å². The summed E-state index contributed by atoms with van der Waals surface area (Å²) in [4.78, 5) is 35.5. The van der Waals surface area contributed by atoms with Crippen molar-refractivity contribution in [3.8, 4) is 11.1 Å². The average Bonchev–Trinajstić information content (AvgIpc) is 2.98. The Kier molecular flexibility index (Phi) is 7.12. The molecule has 5 rings (SSSR count). The first-order valence-corrected chi connectivity index (χ1v) is 12.3.